The van der Waals surface area contributed by atoms with Gasteiger partial charge in [0.25, 0.3) is 0 Å². The fourth-order valence-electron chi connectivity index (χ4n) is 4.28. The largest absolute Gasteiger partial charge is 0.416 e. The summed E-state index contributed by atoms with van der Waals surface area (Å²) >= 11 is 0. The number of nitrogens with one attached hydrogen (secondary N) is 3. The van der Waals surface area contributed by atoms with Crippen molar-refractivity contribution in [3.63, 3.8) is 0 Å². The van der Waals surface area contributed by atoms with Crippen LogP contribution in [-0.2, 0) is 17.5 Å². The molecule has 36 heavy (non-hydrogen) atoms. The highest BCUT2D eigenvalue weighted by Crippen LogP contribution is 2.32. The molecule has 0 aliphatic heterocycles. The Bertz CT molecular complexity index is 1210. The molecule has 11 heteroatoms. The monoisotopic (exact) mass is 502 g/mol. The second-order valence-corrected chi connectivity index (χ2v) is 8.60. The van der Waals surface area contributed by atoms with E-state index in [0.29, 0.717) is 31.6 Å². The van der Waals surface area contributed by atoms with E-state index in [-0.39, 0.29) is 47.3 Å². The number of carbonyl (C=O) groups excluding carboxylic acids is 1. The van der Waals surface area contributed by atoms with Crippen molar-refractivity contribution in [3.05, 3.63) is 65.5 Å². The first-order valence-electron chi connectivity index (χ1n) is 11.6. The minimum atomic E-state index is -4.47. The summed E-state index contributed by atoms with van der Waals surface area (Å²) in [5.41, 5.74) is -0.451. The first-order valence-corrected chi connectivity index (χ1v) is 11.6. The van der Waals surface area contributed by atoms with E-state index in [9.17, 15) is 22.4 Å². The summed E-state index contributed by atoms with van der Waals surface area (Å²) in [6, 6.07) is 11.4. The van der Waals surface area contributed by atoms with E-state index in [1.165, 1.54) is 24.3 Å². The molecule has 3 aromatic rings. The van der Waals surface area contributed by atoms with Gasteiger partial charge in [-0.1, -0.05) is 30.3 Å². The zero-order valence-electron chi connectivity index (χ0n) is 19.6. The van der Waals surface area contributed by atoms with Crippen molar-refractivity contribution < 1.29 is 22.4 Å². The molecule has 7 nitrogen and oxygen atoms in total. The van der Waals surface area contributed by atoms with E-state index in [0.717, 1.165) is 6.07 Å². The zero-order chi connectivity index (χ0) is 25.7. The maximum Gasteiger partial charge on any atom is 0.416 e. The zero-order valence-corrected chi connectivity index (χ0v) is 19.6. The first kappa shape index (κ1) is 25.3. The predicted octanol–water partition coefficient (Wildman–Crippen LogP) is 5.03. The van der Waals surface area contributed by atoms with Gasteiger partial charge < -0.3 is 16.0 Å². The quantitative estimate of drug-likeness (QED) is 0.393. The molecule has 1 aromatic heterocycles. The number of benzene rings is 2. The molecule has 1 aliphatic rings. The number of aromatic nitrogens is 3. The van der Waals surface area contributed by atoms with Gasteiger partial charge in [0.1, 0.15) is 5.82 Å². The Morgan fingerprint density at radius 3 is 2.31 bits per heavy atom. The Morgan fingerprint density at radius 1 is 0.944 bits per heavy atom. The fraction of sp³-hybridized carbons (Fsp3) is 0.360. The van der Waals surface area contributed by atoms with Crippen LogP contribution in [0.1, 0.15) is 36.8 Å². The van der Waals surface area contributed by atoms with Gasteiger partial charge in [0, 0.05) is 25.6 Å². The van der Waals surface area contributed by atoms with Crippen molar-refractivity contribution in [2.75, 3.05) is 17.7 Å². The number of hydrogen-bond acceptors (Lipinski definition) is 6. The highest BCUT2D eigenvalue weighted by molar-refractivity contribution is 5.78. The number of rotatable bonds is 7. The van der Waals surface area contributed by atoms with Crippen LogP contribution in [0.2, 0.25) is 0 Å². The van der Waals surface area contributed by atoms with Crippen molar-refractivity contribution in [2.45, 2.75) is 44.4 Å². The summed E-state index contributed by atoms with van der Waals surface area (Å²) in [5, 5.41) is 8.75. The van der Waals surface area contributed by atoms with Crippen LogP contribution in [0.5, 0.6) is 0 Å². The molecular formula is C25H26F4N6O. The lowest BCUT2D eigenvalue weighted by Gasteiger charge is -2.28. The minimum Gasteiger partial charge on any atom is -0.357 e. The number of amides is 1. The van der Waals surface area contributed by atoms with Crippen molar-refractivity contribution in [2.24, 2.45) is 5.92 Å². The van der Waals surface area contributed by atoms with Crippen LogP contribution in [-0.4, -0.2) is 33.9 Å². The summed E-state index contributed by atoms with van der Waals surface area (Å²) < 4.78 is 53.8. The highest BCUT2D eigenvalue weighted by atomic mass is 19.4. The summed E-state index contributed by atoms with van der Waals surface area (Å²) in [6.07, 6.45) is -2.05. The molecule has 2 aromatic carbocycles. The highest BCUT2D eigenvalue weighted by Gasteiger charge is 2.33. The Kier molecular flexibility index (Phi) is 7.66. The van der Waals surface area contributed by atoms with Gasteiger partial charge in [-0.05, 0) is 49.4 Å². The van der Waals surface area contributed by atoms with Gasteiger partial charge in [-0.25, -0.2) is 4.39 Å². The van der Waals surface area contributed by atoms with Crippen LogP contribution in [0, 0.1) is 11.7 Å². The number of alkyl halides is 3. The van der Waals surface area contributed by atoms with Crippen molar-refractivity contribution >= 4 is 17.8 Å². The van der Waals surface area contributed by atoms with Crippen molar-refractivity contribution in [1.29, 1.82) is 0 Å². The summed E-state index contributed by atoms with van der Waals surface area (Å²) in [6.45, 7) is -0.177. The molecule has 0 atom stereocenters. The van der Waals surface area contributed by atoms with Gasteiger partial charge in [0.05, 0.1) is 11.1 Å². The van der Waals surface area contributed by atoms with Gasteiger partial charge in [-0.3, -0.25) is 4.79 Å². The van der Waals surface area contributed by atoms with E-state index in [1.807, 2.05) is 0 Å². The third kappa shape index (κ3) is 6.07. The standard InChI is InChI=1S/C25H26F4N6O/c1-30-23-33-21(18-7-3-5-9-20(18)26)34-24(35-23)32-17-12-10-15(11-13-17)22(36)31-14-16-6-2-4-8-19(16)25(27,28)29/h2-9,15,17H,10-14H2,1H3,(H,31,36)(H2,30,32,33,34,35). The second kappa shape index (κ2) is 10.9. The van der Waals surface area contributed by atoms with Crippen molar-refractivity contribution in [1.82, 2.24) is 20.3 Å². The van der Waals surface area contributed by atoms with Gasteiger partial charge in [0.2, 0.25) is 17.8 Å². The fourth-order valence-corrected chi connectivity index (χ4v) is 4.28. The number of halogens is 4. The van der Waals surface area contributed by atoms with Crippen LogP contribution in [0.4, 0.5) is 29.5 Å². The van der Waals surface area contributed by atoms with Gasteiger partial charge in [-0.2, -0.15) is 28.1 Å². The normalized spacial score (nSPS) is 17.9. The average molecular weight is 503 g/mol. The molecule has 0 radical (unpaired) electrons. The van der Waals surface area contributed by atoms with Crippen LogP contribution in [0.25, 0.3) is 11.4 Å². The van der Waals surface area contributed by atoms with Crippen LogP contribution in [0.15, 0.2) is 48.5 Å². The number of hydrogen-bond donors (Lipinski definition) is 3. The lowest BCUT2D eigenvalue weighted by Crippen LogP contribution is -2.36. The maximum atomic E-state index is 14.2. The van der Waals surface area contributed by atoms with Crippen molar-refractivity contribution in [3.8, 4) is 11.4 Å². The molecule has 4 rings (SSSR count). The summed E-state index contributed by atoms with van der Waals surface area (Å²) in [4.78, 5) is 25.5. The maximum absolute atomic E-state index is 14.2. The molecule has 1 amide bonds. The van der Waals surface area contributed by atoms with Gasteiger partial charge in [-0.15, -0.1) is 0 Å². The second-order valence-electron chi connectivity index (χ2n) is 8.60. The molecule has 0 bridgehead atoms. The number of carbonyl (C=O) groups is 1. The molecule has 1 aliphatic carbocycles. The number of anilines is 2. The molecule has 0 unspecified atom stereocenters. The van der Waals surface area contributed by atoms with E-state index in [4.69, 9.17) is 0 Å². The summed E-state index contributed by atoms with van der Waals surface area (Å²) in [7, 11) is 1.65. The first-order chi connectivity index (χ1) is 17.2. The summed E-state index contributed by atoms with van der Waals surface area (Å²) in [5.74, 6) is -0.211. The molecule has 3 N–H and O–H groups in total. The van der Waals surface area contributed by atoms with Crippen LogP contribution < -0.4 is 16.0 Å². The van der Waals surface area contributed by atoms with E-state index in [2.05, 4.69) is 30.9 Å². The van der Waals surface area contributed by atoms with E-state index >= 15 is 0 Å². The van der Waals surface area contributed by atoms with Crippen LogP contribution in [0.3, 0.4) is 0 Å². The molecule has 0 spiro atoms. The Balaban J connectivity index is 1.35. The molecule has 1 saturated carbocycles. The lowest BCUT2D eigenvalue weighted by molar-refractivity contribution is -0.138. The third-order valence-electron chi connectivity index (χ3n) is 6.18. The van der Waals surface area contributed by atoms with Gasteiger partial charge >= 0.3 is 6.18 Å². The predicted molar refractivity (Wildman–Crippen MR) is 127 cm³/mol. The topological polar surface area (TPSA) is 91.8 Å². The van der Waals surface area contributed by atoms with E-state index in [1.54, 1.807) is 25.2 Å². The average Bonchev–Trinajstić information content (AvgIpc) is 2.87. The molecule has 190 valence electrons. The Labute approximate surface area is 205 Å². The molecule has 0 saturated heterocycles. The van der Waals surface area contributed by atoms with E-state index < -0.39 is 17.6 Å². The Hall–Kier alpha value is -3.76. The molecule has 1 fully saturated rings. The Morgan fingerprint density at radius 2 is 1.61 bits per heavy atom. The molecular weight excluding hydrogens is 476 g/mol. The van der Waals surface area contributed by atoms with Gasteiger partial charge in [0.15, 0.2) is 5.82 Å². The van der Waals surface area contributed by atoms with Crippen LogP contribution >= 0.6 is 0 Å². The third-order valence-corrected chi connectivity index (χ3v) is 6.18. The lowest BCUT2D eigenvalue weighted by atomic mass is 9.85. The number of nitrogens with zero attached hydrogens (tertiary/aromatic N) is 3. The molecule has 1 heterocycles. The SMILES string of the molecule is CNc1nc(NC2CCC(C(=O)NCc3ccccc3C(F)(F)F)CC2)nc(-c2ccccc2F)n1. The smallest absolute Gasteiger partial charge is 0.357 e. The minimum absolute atomic E-state index is 0.0134.